The fraction of sp³-hybridized carbons (Fsp3) is 1.00. The van der Waals surface area contributed by atoms with Crippen LogP contribution in [0.1, 0.15) is 83.1 Å². The molecule has 246 valence electrons. The van der Waals surface area contributed by atoms with Crippen LogP contribution in [0.5, 0.6) is 0 Å². The molecular formula is C31H70O6Si4. The van der Waals surface area contributed by atoms with Crippen LogP contribution in [0.25, 0.3) is 0 Å². The Morgan fingerprint density at radius 1 is 0.488 bits per heavy atom. The van der Waals surface area contributed by atoms with Gasteiger partial charge in [0.25, 0.3) is 0 Å². The van der Waals surface area contributed by atoms with E-state index >= 15 is 0 Å². The van der Waals surface area contributed by atoms with Crippen molar-refractivity contribution in [2.45, 2.75) is 186 Å². The van der Waals surface area contributed by atoms with Crippen LogP contribution in [0.3, 0.4) is 0 Å². The van der Waals surface area contributed by atoms with Gasteiger partial charge in [-0.3, -0.25) is 0 Å². The first-order chi connectivity index (χ1) is 17.8. The van der Waals surface area contributed by atoms with Crippen LogP contribution in [-0.4, -0.2) is 77.7 Å². The van der Waals surface area contributed by atoms with Crippen molar-refractivity contribution in [3.05, 3.63) is 0 Å². The zero-order valence-corrected chi connectivity index (χ0v) is 35.0. The van der Waals surface area contributed by atoms with Gasteiger partial charge in [-0.2, -0.15) is 0 Å². The lowest BCUT2D eigenvalue weighted by molar-refractivity contribution is -0.284. The van der Waals surface area contributed by atoms with Crippen LogP contribution in [0.15, 0.2) is 0 Å². The topological polar surface area (TPSA) is 55.4 Å². The second-order valence-electron chi connectivity index (χ2n) is 18.4. The zero-order chi connectivity index (χ0) is 32.8. The van der Waals surface area contributed by atoms with E-state index in [9.17, 15) is 0 Å². The van der Waals surface area contributed by atoms with E-state index in [1.165, 1.54) is 0 Å². The minimum atomic E-state index is -2.25. The Bertz CT molecular complexity index is 847. The summed E-state index contributed by atoms with van der Waals surface area (Å²) < 4.78 is 41.6. The lowest BCUT2D eigenvalue weighted by Gasteiger charge is -2.54. The van der Waals surface area contributed by atoms with Crippen molar-refractivity contribution in [2.24, 2.45) is 0 Å². The molecule has 1 aliphatic rings. The minimum absolute atomic E-state index is 0.0179. The number of rotatable bonds is 10. The first-order valence-electron chi connectivity index (χ1n) is 15.7. The number of hydrogen-bond donors (Lipinski definition) is 0. The Morgan fingerprint density at radius 2 is 0.805 bits per heavy atom. The average molecular weight is 651 g/mol. The Balaban J connectivity index is 3.83. The molecule has 0 aromatic rings. The van der Waals surface area contributed by atoms with Crippen molar-refractivity contribution in [3.8, 4) is 0 Å². The Kier molecular flexibility index (Phi) is 12.4. The molecule has 0 radical (unpaired) electrons. The largest absolute Gasteiger partial charge is 0.414 e. The van der Waals surface area contributed by atoms with Gasteiger partial charge in [0.15, 0.2) is 39.6 Å². The highest BCUT2D eigenvalue weighted by atomic mass is 28.4. The highest BCUT2D eigenvalue weighted by Gasteiger charge is 2.57. The average Bonchev–Trinajstić information content (AvgIpc) is 2.71. The quantitative estimate of drug-likeness (QED) is 0.220. The van der Waals surface area contributed by atoms with E-state index in [2.05, 4.69) is 135 Å². The minimum Gasteiger partial charge on any atom is -0.414 e. The summed E-state index contributed by atoms with van der Waals surface area (Å²) in [6, 6.07) is 0. The summed E-state index contributed by atoms with van der Waals surface area (Å²) in [5, 5.41) is 0.144. The van der Waals surface area contributed by atoms with Crippen molar-refractivity contribution in [1.29, 1.82) is 0 Å². The molecular weight excluding hydrogens is 581 g/mol. The third kappa shape index (κ3) is 9.56. The van der Waals surface area contributed by atoms with Crippen molar-refractivity contribution >= 4 is 33.3 Å². The fourth-order valence-electron chi connectivity index (χ4n) is 3.66. The Hall–Kier alpha value is 0.628. The highest BCUT2D eigenvalue weighted by Crippen LogP contribution is 2.46. The number of ether oxygens (including phenoxy) is 2. The normalized spacial score (nSPS) is 26.4. The lowest BCUT2D eigenvalue weighted by atomic mass is 9.99. The summed E-state index contributed by atoms with van der Waals surface area (Å²) >= 11 is 0. The summed E-state index contributed by atoms with van der Waals surface area (Å²) in [6.45, 7) is 46.2. The van der Waals surface area contributed by atoms with E-state index in [0.29, 0.717) is 6.61 Å². The first kappa shape index (κ1) is 39.7. The van der Waals surface area contributed by atoms with Gasteiger partial charge in [-0.05, 0) is 72.5 Å². The van der Waals surface area contributed by atoms with Crippen LogP contribution >= 0.6 is 0 Å². The molecule has 1 heterocycles. The van der Waals surface area contributed by atoms with Gasteiger partial charge in [0.1, 0.15) is 24.4 Å². The summed E-state index contributed by atoms with van der Waals surface area (Å²) in [7, 11) is -7.05. The van der Waals surface area contributed by atoms with Gasteiger partial charge in [0.2, 0.25) is 0 Å². The van der Waals surface area contributed by atoms with Crippen LogP contribution in [-0.2, 0) is 27.2 Å². The van der Waals surface area contributed by atoms with Gasteiger partial charge in [-0.15, -0.1) is 0 Å². The van der Waals surface area contributed by atoms with Crippen LogP contribution in [0, 0.1) is 0 Å². The SMILES string of the molecule is CO[C@H]1O[C@H](CO[Si](C)(C)C(C)(C)C)[C@H](O[Si](C)(C)C(C)(C)C)[C@H](O[Si](C)(C)C(C)(C)C)[C@H]1O[Si](C)(C)C(C)(C)C. The van der Waals surface area contributed by atoms with Gasteiger partial charge in [-0.25, -0.2) is 0 Å². The molecule has 0 aromatic carbocycles. The Morgan fingerprint density at radius 3 is 1.12 bits per heavy atom. The predicted octanol–water partition coefficient (Wildman–Crippen LogP) is 9.55. The molecule has 0 amide bonds. The number of hydrogen-bond acceptors (Lipinski definition) is 6. The van der Waals surface area contributed by atoms with E-state index in [1.54, 1.807) is 7.11 Å². The first-order valence-corrected chi connectivity index (χ1v) is 27.3. The van der Waals surface area contributed by atoms with Gasteiger partial charge in [0.05, 0.1) is 6.61 Å². The molecule has 1 fully saturated rings. The molecule has 5 atom stereocenters. The van der Waals surface area contributed by atoms with E-state index in [4.69, 9.17) is 27.2 Å². The molecule has 41 heavy (non-hydrogen) atoms. The molecule has 1 aliphatic heterocycles. The van der Waals surface area contributed by atoms with Crippen molar-refractivity contribution in [1.82, 2.24) is 0 Å². The van der Waals surface area contributed by atoms with Gasteiger partial charge in [0, 0.05) is 7.11 Å². The van der Waals surface area contributed by atoms with Crippen LogP contribution < -0.4 is 0 Å². The standard InChI is InChI=1S/C31H70O6Si4/c1-28(2,3)38(14,15)33-22-23-24(35-39(16,17)29(4,5)6)25(36-40(18,19)30(7,8)9)26(27(32-13)34-23)37-41(20,21)31(10,11)12/h23-27H,22H2,1-21H3/t23-,24+,25+,26-,27+/m1/s1. The molecule has 0 unspecified atom stereocenters. The molecule has 6 nitrogen and oxygen atoms in total. The fourth-order valence-corrected chi connectivity index (χ4v) is 8.58. The molecule has 0 bridgehead atoms. The molecule has 10 heteroatoms. The molecule has 1 saturated heterocycles. The van der Waals surface area contributed by atoms with E-state index in [-0.39, 0.29) is 38.5 Å². The molecule has 1 rings (SSSR count). The highest BCUT2D eigenvalue weighted by molar-refractivity contribution is 6.75. The summed E-state index contributed by atoms with van der Waals surface area (Å²) in [6.07, 6.45) is -2.00. The van der Waals surface area contributed by atoms with Crippen molar-refractivity contribution < 1.29 is 27.2 Å². The summed E-state index contributed by atoms with van der Waals surface area (Å²) in [4.78, 5) is 0. The Labute approximate surface area is 259 Å². The maximum Gasteiger partial charge on any atom is 0.192 e. The molecule has 0 aromatic heterocycles. The van der Waals surface area contributed by atoms with Crippen molar-refractivity contribution in [2.75, 3.05) is 13.7 Å². The second-order valence-corrected chi connectivity index (χ2v) is 37.5. The molecule has 0 spiro atoms. The predicted molar refractivity (Wildman–Crippen MR) is 185 cm³/mol. The third-order valence-electron chi connectivity index (χ3n) is 10.9. The summed E-state index contributed by atoms with van der Waals surface area (Å²) in [5.41, 5.74) is 0. The molecule has 0 aliphatic carbocycles. The van der Waals surface area contributed by atoms with E-state index in [1.807, 2.05) is 0 Å². The monoisotopic (exact) mass is 650 g/mol. The van der Waals surface area contributed by atoms with E-state index < -0.39 is 45.7 Å². The van der Waals surface area contributed by atoms with Gasteiger partial charge in [-0.1, -0.05) is 83.1 Å². The second kappa shape index (κ2) is 12.8. The van der Waals surface area contributed by atoms with Gasteiger partial charge >= 0.3 is 0 Å². The summed E-state index contributed by atoms with van der Waals surface area (Å²) in [5.74, 6) is 0. The number of methoxy groups -OCH3 is 1. The molecule has 0 saturated carbocycles. The zero-order valence-electron chi connectivity index (χ0n) is 31.0. The lowest BCUT2D eigenvalue weighted by Crippen LogP contribution is -2.68. The maximum atomic E-state index is 7.38. The smallest absolute Gasteiger partial charge is 0.192 e. The van der Waals surface area contributed by atoms with E-state index in [0.717, 1.165) is 0 Å². The van der Waals surface area contributed by atoms with Crippen LogP contribution in [0.2, 0.25) is 72.5 Å². The van der Waals surface area contributed by atoms with Crippen molar-refractivity contribution in [3.63, 3.8) is 0 Å². The maximum absolute atomic E-state index is 7.38. The van der Waals surface area contributed by atoms with Crippen LogP contribution in [0.4, 0.5) is 0 Å². The molecule has 0 N–H and O–H groups in total. The third-order valence-corrected chi connectivity index (χ3v) is 28.9. The van der Waals surface area contributed by atoms with Gasteiger partial charge < -0.3 is 27.2 Å².